The van der Waals surface area contributed by atoms with Crippen LogP contribution in [0.3, 0.4) is 0 Å². The molecule has 1 aliphatic rings. The van der Waals surface area contributed by atoms with Crippen molar-refractivity contribution in [3.63, 3.8) is 0 Å². The van der Waals surface area contributed by atoms with Crippen molar-refractivity contribution < 1.29 is 17.9 Å². The van der Waals surface area contributed by atoms with Gasteiger partial charge in [0.15, 0.2) is 0 Å². The van der Waals surface area contributed by atoms with E-state index in [-0.39, 0.29) is 27.5 Å². The Morgan fingerprint density at radius 2 is 2.18 bits per heavy atom. The van der Waals surface area contributed by atoms with E-state index in [4.69, 9.17) is 10.5 Å². The number of esters is 1. The molecule has 0 radical (unpaired) electrons. The molecule has 1 fully saturated rings. The van der Waals surface area contributed by atoms with Gasteiger partial charge in [-0.15, -0.1) is 0 Å². The number of nitrogen functional groups attached to an aromatic ring is 1. The van der Waals surface area contributed by atoms with Crippen molar-refractivity contribution in [1.82, 2.24) is 9.97 Å². The summed E-state index contributed by atoms with van der Waals surface area (Å²) in [4.78, 5) is 22.3. The van der Waals surface area contributed by atoms with Crippen LogP contribution in [0, 0.1) is 12.8 Å². The van der Waals surface area contributed by atoms with Gasteiger partial charge in [-0.3, -0.25) is 4.79 Å². The van der Waals surface area contributed by atoms with Gasteiger partial charge in [-0.1, -0.05) is 12.1 Å². The maximum Gasteiger partial charge on any atom is 0.310 e. The SMILES string of the molecule is CCOC(=O)C1CCCN(c2ncc(S(=O)(=O)c3cccc(C)c3)c(N)n2)C1. The molecule has 8 nitrogen and oxygen atoms in total. The van der Waals surface area contributed by atoms with Gasteiger partial charge in [-0.2, -0.15) is 4.98 Å². The summed E-state index contributed by atoms with van der Waals surface area (Å²) in [6.07, 6.45) is 2.77. The predicted molar refractivity (Wildman–Crippen MR) is 105 cm³/mol. The highest BCUT2D eigenvalue weighted by Gasteiger charge is 2.29. The minimum absolute atomic E-state index is 0.107. The van der Waals surface area contributed by atoms with E-state index in [0.717, 1.165) is 18.4 Å². The van der Waals surface area contributed by atoms with Crippen LogP contribution in [-0.2, 0) is 19.4 Å². The van der Waals surface area contributed by atoms with Gasteiger partial charge in [-0.25, -0.2) is 13.4 Å². The second-order valence-electron chi connectivity index (χ2n) is 6.78. The summed E-state index contributed by atoms with van der Waals surface area (Å²) in [6, 6.07) is 6.59. The fourth-order valence-corrected chi connectivity index (χ4v) is 4.62. The maximum atomic E-state index is 12.9. The number of carbonyl (C=O) groups is 1. The average Bonchev–Trinajstić information content (AvgIpc) is 2.68. The lowest BCUT2D eigenvalue weighted by Crippen LogP contribution is -2.40. The Bertz CT molecular complexity index is 978. The standard InChI is InChI=1S/C19H24N4O4S/c1-3-27-18(24)14-7-5-9-23(12-14)19-21-11-16(17(20)22-19)28(25,26)15-8-4-6-13(2)10-15/h4,6,8,10-11,14H,3,5,7,9,12H2,1-2H3,(H2,20,21,22). The Labute approximate surface area is 164 Å². The summed E-state index contributed by atoms with van der Waals surface area (Å²) in [6.45, 7) is 5.01. The molecule has 0 amide bonds. The number of aromatic nitrogens is 2. The van der Waals surface area contributed by atoms with Crippen molar-refractivity contribution in [2.75, 3.05) is 30.3 Å². The second kappa shape index (κ2) is 8.14. The molecule has 1 unspecified atom stereocenters. The minimum atomic E-state index is -3.81. The van der Waals surface area contributed by atoms with Crippen molar-refractivity contribution in [3.8, 4) is 0 Å². The molecular formula is C19H24N4O4S. The van der Waals surface area contributed by atoms with E-state index in [0.29, 0.717) is 25.6 Å². The van der Waals surface area contributed by atoms with Crippen molar-refractivity contribution >= 4 is 27.6 Å². The lowest BCUT2D eigenvalue weighted by Gasteiger charge is -2.31. The molecule has 1 saturated heterocycles. The maximum absolute atomic E-state index is 12.9. The van der Waals surface area contributed by atoms with Crippen LogP contribution in [-0.4, -0.2) is 44.1 Å². The summed E-state index contributed by atoms with van der Waals surface area (Å²) < 4.78 is 30.8. The van der Waals surface area contributed by atoms with Gasteiger partial charge >= 0.3 is 5.97 Å². The molecule has 0 aliphatic carbocycles. The van der Waals surface area contributed by atoms with Gasteiger partial charge in [0.05, 0.1) is 23.6 Å². The number of ether oxygens (including phenoxy) is 1. The van der Waals surface area contributed by atoms with Gasteiger partial charge in [0.25, 0.3) is 0 Å². The molecule has 2 aromatic rings. The van der Waals surface area contributed by atoms with E-state index >= 15 is 0 Å². The molecule has 150 valence electrons. The lowest BCUT2D eigenvalue weighted by atomic mass is 9.98. The molecule has 0 saturated carbocycles. The topological polar surface area (TPSA) is 115 Å². The molecule has 0 spiro atoms. The number of piperidine rings is 1. The smallest absolute Gasteiger partial charge is 0.310 e. The van der Waals surface area contributed by atoms with E-state index < -0.39 is 9.84 Å². The first kappa shape index (κ1) is 20.1. The summed E-state index contributed by atoms with van der Waals surface area (Å²) >= 11 is 0. The van der Waals surface area contributed by atoms with E-state index in [1.165, 1.54) is 12.3 Å². The van der Waals surface area contributed by atoms with Crippen molar-refractivity contribution in [2.45, 2.75) is 36.5 Å². The number of benzene rings is 1. The first-order valence-electron chi connectivity index (χ1n) is 9.18. The normalized spacial score (nSPS) is 17.4. The second-order valence-corrected chi connectivity index (χ2v) is 8.69. The molecule has 2 N–H and O–H groups in total. The van der Waals surface area contributed by atoms with Gasteiger partial charge in [-0.05, 0) is 44.4 Å². The highest BCUT2D eigenvalue weighted by Crippen LogP contribution is 2.27. The number of hydrogen-bond donors (Lipinski definition) is 1. The number of anilines is 2. The molecule has 1 aromatic heterocycles. The number of nitrogens with two attached hydrogens (primary N) is 1. The first-order chi connectivity index (χ1) is 13.3. The van der Waals surface area contributed by atoms with E-state index in [2.05, 4.69) is 9.97 Å². The predicted octanol–water partition coefficient (Wildman–Crippen LogP) is 1.98. The minimum Gasteiger partial charge on any atom is -0.466 e. The fourth-order valence-electron chi connectivity index (χ4n) is 3.25. The van der Waals surface area contributed by atoms with Crippen LogP contribution in [0.5, 0.6) is 0 Å². The number of hydrogen-bond acceptors (Lipinski definition) is 8. The Morgan fingerprint density at radius 3 is 2.86 bits per heavy atom. The number of carbonyl (C=O) groups excluding carboxylic acids is 1. The van der Waals surface area contributed by atoms with Crippen LogP contribution in [0.1, 0.15) is 25.3 Å². The lowest BCUT2D eigenvalue weighted by molar-refractivity contribution is -0.148. The fraction of sp³-hybridized carbons (Fsp3) is 0.421. The monoisotopic (exact) mass is 404 g/mol. The van der Waals surface area contributed by atoms with Gasteiger partial charge in [0, 0.05) is 13.1 Å². The van der Waals surface area contributed by atoms with E-state index in [1.54, 1.807) is 19.1 Å². The van der Waals surface area contributed by atoms with Crippen LogP contribution in [0.25, 0.3) is 0 Å². The summed E-state index contributed by atoms with van der Waals surface area (Å²) in [5, 5.41) is 0. The summed E-state index contributed by atoms with van der Waals surface area (Å²) in [5.41, 5.74) is 6.81. The summed E-state index contributed by atoms with van der Waals surface area (Å²) in [5.74, 6) is -0.285. The van der Waals surface area contributed by atoms with E-state index in [1.807, 2.05) is 17.9 Å². The third-order valence-corrected chi connectivity index (χ3v) is 6.45. The van der Waals surface area contributed by atoms with Gasteiger partial charge in [0.1, 0.15) is 10.7 Å². The van der Waals surface area contributed by atoms with Crippen LogP contribution < -0.4 is 10.6 Å². The Kier molecular flexibility index (Phi) is 5.83. The average molecular weight is 404 g/mol. The van der Waals surface area contributed by atoms with Crippen molar-refractivity contribution in [3.05, 3.63) is 36.0 Å². The largest absolute Gasteiger partial charge is 0.466 e. The van der Waals surface area contributed by atoms with Crippen LogP contribution in [0.2, 0.25) is 0 Å². The Morgan fingerprint density at radius 1 is 1.39 bits per heavy atom. The highest BCUT2D eigenvalue weighted by atomic mass is 32.2. The quantitative estimate of drug-likeness (QED) is 0.752. The van der Waals surface area contributed by atoms with Crippen LogP contribution in [0.15, 0.2) is 40.3 Å². The molecule has 3 rings (SSSR count). The Balaban J connectivity index is 1.85. The van der Waals surface area contributed by atoms with Crippen molar-refractivity contribution in [1.29, 1.82) is 0 Å². The molecule has 9 heteroatoms. The van der Waals surface area contributed by atoms with Crippen LogP contribution in [0.4, 0.5) is 11.8 Å². The zero-order chi connectivity index (χ0) is 20.3. The van der Waals surface area contributed by atoms with Crippen molar-refractivity contribution in [2.24, 2.45) is 5.92 Å². The molecule has 2 heterocycles. The summed E-state index contributed by atoms with van der Waals surface area (Å²) in [7, 11) is -3.81. The molecular weight excluding hydrogens is 380 g/mol. The third kappa shape index (κ3) is 4.09. The number of rotatable bonds is 5. The van der Waals surface area contributed by atoms with E-state index in [9.17, 15) is 13.2 Å². The molecule has 1 aromatic carbocycles. The number of aryl methyl sites for hydroxylation is 1. The zero-order valence-corrected chi connectivity index (χ0v) is 16.8. The Hall–Kier alpha value is -2.68. The molecule has 1 atom stereocenters. The molecule has 28 heavy (non-hydrogen) atoms. The number of nitrogens with zero attached hydrogens (tertiary/aromatic N) is 3. The zero-order valence-electron chi connectivity index (χ0n) is 16.0. The third-order valence-electron chi connectivity index (χ3n) is 4.68. The van der Waals surface area contributed by atoms with Crippen LogP contribution >= 0.6 is 0 Å². The molecule has 1 aliphatic heterocycles. The highest BCUT2D eigenvalue weighted by molar-refractivity contribution is 7.91. The first-order valence-corrected chi connectivity index (χ1v) is 10.7. The van der Waals surface area contributed by atoms with Gasteiger partial charge < -0.3 is 15.4 Å². The van der Waals surface area contributed by atoms with Gasteiger partial charge in [0.2, 0.25) is 15.8 Å². The number of sulfone groups is 1. The molecule has 0 bridgehead atoms.